The lowest BCUT2D eigenvalue weighted by molar-refractivity contribution is 0.196. The average molecular weight is 367 g/mol. The third-order valence-electron chi connectivity index (χ3n) is 4.17. The van der Waals surface area contributed by atoms with E-state index < -0.39 is 5.82 Å². The molecule has 1 aliphatic carbocycles. The van der Waals surface area contributed by atoms with Gasteiger partial charge in [-0.25, -0.2) is 4.39 Å². The third kappa shape index (κ3) is 4.92. The zero-order valence-corrected chi connectivity index (χ0v) is 14.7. The lowest BCUT2D eigenvalue weighted by atomic mass is 9.90. The fraction of sp³-hybridized carbons (Fsp3) is 0.471. The highest BCUT2D eigenvalue weighted by Crippen LogP contribution is 2.25. The van der Waals surface area contributed by atoms with Crippen molar-refractivity contribution in [3.05, 3.63) is 29.3 Å². The van der Waals surface area contributed by atoms with Gasteiger partial charge in [0.1, 0.15) is 0 Å². The summed E-state index contributed by atoms with van der Waals surface area (Å²) in [4.78, 5) is 12.2. The molecular weight excluding hydrogens is 347 g/mol. The van der Waals surface area contributed by atoms with Crippen molar-refractivity contribution in [3.8, 4) is 11.8 Å². The number of hydrogen-bond acceptors (Lipinski definition) is 6. The van der Waals surface area contributed by atoms with Crippen LogP contribution in [-0.2, 0) is 0 Å². The molecule has 1 aromatic heterocycles. The highest BCUT2D eigenvalue weighted by atomic mass is 35.5. The van der Waals surface area contributed by atoms with Crippen molar-refractivity contribution in [1.82, 2.24) is 15.0 Å². The van der Waals surface area contributed by atoms with E-state index in [9.17, 15) is 4.39 Å². The molecule has 1 N–H and O–H groups in total. The molecule has 0 bridgehead atoms. The molecule has 0 aliphatic heterocycles. The van der Waals surface area contributed by atoms with E-state index in [0.717, 1.165) is 12.8 Å². The van der Waals surface area contributed by atoms with Crippen LogP contribution in [0, 0.1) is 11.7 Å². The summed E-state index contributed by atoms with van der Waals surface area (Å²) in [6.07, 6.45) is 6.09. The Hall–Kier alpha value is -2.15. The molecule has 1 aromatic carbocycles. The number of nitrogens with zero attached hydrogens (tertiary/aromatic N) is 3. The van der Waals surface area contributed by atoms with Crippen LogP contribution in [0.25, 0.3) is 0 Å². The van der Waals surface area contributed by atoms with Crippen LogP contribution in [0.4, 0.5) is 16.0 Å². The maximum absolute atomic E-state index is 13.8. The number of ether oxygens (including phenoxy) is 2. The fourth-order valence-electron chi connectivity index (χ4n) is 2.87. The lowest BCUT2D eigenvalue weighted by Gasteiger charge is -2.21. The molecule has 25 heavy (non-hydrogen) atoms. The Bertz CT molecular complexity index is 726. The van der Waals surface area contributed by atoms with E-state index in [1.165, 1.54) is 38.5 Å². The van der Waals surface area contributed by atoms with Gasteiger partial charge in [0.2, 0.25) is 11.2 Å². The molecule has 0 radical (unpaired) electrons. The van der Waals surface area contributed by atoms with E-state index in [4.69, 9.17) is 21.1 Å². The first-order chi connectivity index (χ1) is 12.1. The first-order valence-corrected chi connectivity index (χ1v) is 8.67. The van der Waals surface area contributed by atoms with Gasteiger partial charge in [0, 0.05) is 11.8 Å². The van der Waals surface area contributed by atoms with Crippen molar-refractivity contribution < 1.29 is 13.9 Å². The quantitative estimate of drug-likeness (QED) is 0.818. The first-order valence-electron chi connectivity index (χ1n) is 8.29. The molecule has 0 unspecified atom stereocenters. The molecule has 8 heteroatoms. The first kappa shape index (κ1) is 17.7. The number of nitrogens with one attached hydrogen (secondary N) is 1. The summed E-state index contributed by atoms with van der Waals surface area (Å²) >= 11 is 5.94. The summed E-state index contributed by atoms with van der Waals surface area (Å²) in [7, 11) is 1.41. The van der Waals surface area contributed by atoms with E-state index in [1.807, 2.05) is 0 Å². The second-order valence-electron chi connectivity index (χ2n) is 6.00. The maximum Gasteiger partial charge on any atom is 0.322 e. The van der Waals surface area contributed by atoms with Crippen molar-refractivity contribution in [3.63, 3.8) is 0 Å². The predicted molar refractivity (Wildman–Crippen MR) is 93.1 cm³/mol. The lowest BCUT2D eigenvalue weighted by Crippen LogP contribution is -2.16. The standard InChI is InChI=1S/C17H20ClFN4O2/c1-24-14-8-7-12(9-13(14)19)20-16-21-15(18)22-17(23-16)25-10-11-5-3-2-4-6-11/h7-9,11H,2-6,10H2,1H3,(H,20,21,22,23). The van der Waals surface area contributed by atoms with E-state index in [-0.39, 0.29) is 23.0 Å². The Morgan fingerprint density at radius 3 is 2.72 bits per heavy atom. The number of methoxy groups -OCH3 is 1. The number of rotatable bonds is 6. The van der Waals surface area contributed by atoms with Crippen molar-refractivity contribution in [2.45, 2.75) is 32.1 Å². The van der Waals surface area contributed by atoms with Gasteiger partial charge in [-0.15, -0.1) is 0 Å². The zero-order chi connectivity index (χ0) is 17.6. The van der Waals surface area contributed by atoms with E-state index in [2.05, 4.69) is 20.3 Å². The van der Waals surface area contributed by atoms with Gasteiger partial charge in [-0.3, -0.25) is 0 Å². The third-order valence-corrected chi connectivity index (χ3v) is 4.34. The zero-order valence-electron chi connectivity index (χ0n) is 14.0. The number of benzene rings is 1. The van der Waals surface area contributed by atoms with E-state index >= 15 is 0 Å². The van der Waals surface area contributed by atoms with Crippen LogP contribution in [0.2, 0.25) is 5.28 Å². The Morgan fingerprint density at radius 1 is 1.20 bits per heavy atom. The summed E-state index contributed by atoms with van der Waals surface area (Å²) in [5, 5.41) is 2.91. The SMILES string of the molecule is COc1ccc(Nc2nc(Cl)nc(OCC3CCCCC3)n2)cc1F. The fourth-order valence-corrected chi connectivity index (χ4v) is 3.02. The van der Waals surface area contributed by atoms with E-state index in [0.29, 0.717) is 18.2 Å². The van der Waals surface area contributed by atoms with Crippen molar-refractivity contribution in [1.29, 1.82) is 0 Å². The summed E-state index contributed by atoms with van der Waals surface area (Å²) in [6, 6.07) is 4.63. The molecule has 2 aromatic rings. The summed E-state index contributed by atoms with van der Waals surface area (Å²) in [5.41, 5.74) is 0.471. The molecule has 1 heterocycles. The van der Waals surface area contributed by atoms with Gasteiger partial charge in [0.15, 0.2) is 11.6 Å². The van der Waals surface area contributed by atoms with Crippen molar-refractivity contribution >= 4 is 23.2 Å². The van der Waals surface area contributed by atoms with Crippen LogP contribution in [0.3, 0.4) is 0 Å². The Labute approximate surface area is 150 Å². The summed E-state index contributed by atoms with van der Waals surface area (Å²) in [6.45, 7) is 0.566. The van der Waals surface area contributed by atoms with Gasteiger partial charge in [0.25, 0.3) is 0 Å². The molecule has 134 valence electrons. The van der Waals surface area contributed by atoms with Crippen LogP contribution in [0.1, 0.15) is 32.1 Å². The van der Waals surface area contributed by atoms with Crippen LogP contribution in [-0.4, -0.2) is 28.7 Å². The number of halogens is 2. The van der Waals surface area contributed by atoms with Gasteiger partial charge in [-0.05, 0) is 42.5 Å². The summed E-state index contributed by atoms with van der Waals surface area (Å²) < 4.78 is 24.3. The molecule has 0 spiro atoms. The molecule has 0 atom stereocenters. The van der Waals surface area contributed by atoms with Crippen LogP contribution >= 0.6 is 11.6 Å². The van der Waals surface area contributed by atoms with Gasteiger partial charge in [0.05, 0.1) is 13.7 Å². The normalized spacial score (nSPS) is 15.0. The van der Waals surface area contributed by atoms with Crippen LogP contribution in [0.5, 0.6) is 11.8 Å². The molecule has 3 rings (SSSR count). The molecular formula is C17H20ClFN4O2. The highest BCUT2D eigenvalue weighted by Gasteiger charge is 2.15. The molecule has 0 amide bonds. The smallest absolute Gasteiger partial charge is 0.322 e. The maximum atomic E-state index is 13.8. The van der Waals surface area contributed by atoms with Crippen LogP contribution < -0.4 is 14.8 Å². The largest absolute Gasteiger partial charge is 0.494 e. The topological polar surface area (TPSA) is 69.2 Å². The van der Waals surface area contributed by atoms with Gasteiger partial charge in [-0.1, -0.05) is 19.3 Å². The van der Waals surface area contributed by atoms with Gasteiger partial charge >= 0.3 is 6.01 Å². The Kier molecular flexibility index (Phi) is 5.86. The van der Waals surface area contributed by atoms with Gasteiger partial charge in [-0.2, -0.15) is 15.0 Å². The summed E-state index contributed by atoms with van der Waals surface area (Å²) in [5.74, 6) is 0.400. The number of anilines is 2. The van der Waals surface area contributed by atoms with Crippen molar-refractivity contribution in [2.75, 3.05) is 19.0 Å². The second kappa shape index (κ2) is 8.29. The highest BCUT2D eigenvalue weighted by molar-refractivity contribution is 6.28. The predicted octanol–water partition coefficient (Wildman–Crippen LogP) is 4.38. The minimum absolute atomic E-state index is 0.0186. The monoisotopic (exact) mass is 366 g/mol. The Balaban J connectivity index is 1.67. The Morgan fingerprint density at radius 2 is 2.00 bits per heavy atom. The van der Waals surface area contributed by atoms with E-state index in [1.54, 1.807) is 6.07 Å². The molecule has 1 saturated carbocycles. The molecule has 1 fully saturated rings. The number of hydrogen-bond donors (Lipinski definition) is 1. The number of aromatic nitrogens is 3. The second-order valence-corrected chi connectivity index (χ2v) is 6.34. The average Bonchev–Trinajstić information content (AvgIpc) is 2.61. The molecule has 0 saturated heterocycles. The van der Waals surface area contributed by atoms with Gasteiger partial charge < -0.3 is 14.8 Å². The van der Waals surface area contributed by atoms with Crippen molar-refractivity contribution in [2.24, 2.45) is 5.92 Å². The molecule has 6 nitrogen and oxygen atoms in total. The minimum Gasteiger partial charge on any atom is -0.494 e. The minimum atomic E-state index is -0.485. The molecule has 1 aliphatic rings. The van der Waals surface area contributed by atoms with Crippen LogP contribution in [0.15, 0.2) is 18.2 Å².